The highest BCUT2D eigenvalue weighted by molar-refractivity contribution is 5.84. The zero-order chi connectivity index (χ0) is 37.0. The van der Waals surface area contributed by atoms with Crippen LogP contribution in [-0.4, -0.2) is 58.6 Å². The van der Waals surface area contributed by atoms with Gasteiger partial charge in [-0.2, -0.15) is 0 Å². The molecule has 5 saturated carbocycles. The predicted molar refractivity (Wildman–Crippen MR) is 203 cm³/mol. The van der Waals surface area contributed by atoms with Gasteiger partial charge in [0, 0.05) is 26.1 Å². The van der Waals surface area contributed by atoms with E-state index in [0.717, 1.165) is 83.6 Å². The van der Waals surface area contributed by atoms with Gasteiger partial charge in [0.1, 0.15) is 0 Å². The van der Waals surface area contributed by atoms with Crippen LogP contribution in [0.3, 0.4) is 0 Å². The van der Waals surface area contributed by atoms with Crippen molar-refractivity contribution in [3.63, 3.8) is 0 Å². The smallest absolute Gasteiger partial charge is 0.308 e. The Morgan fingerprint density at radius 3 is 2.25 bits per heavy atom. The standard InChI is InChI=1S/C44H72N2O5/c1-29(2)31-18-23-44(39(51)45-26-12-10-8-9-11-15-36(48)46-27-13-14-30(28-46)38(49)50)25-24-42(6)32(37(31)44)16-17-34-41(5)21-20-35(47)40(3,4)33(41)19-22-43(34,42)7/h30-35,37,47H,1,8-28H2,2-7H3,(H,45,51)(H,49,50)/t30?,31-,32+,33-,34?,35-,37+,41-,42+,43+,44-/m0/s1. The van der Waals surface area contributed by atoms with E-state index in [0.29, 0.717) is 61.4 Å². The van der Waals surface area contributed by atoms with Gasteiger partial charge in [-0.15, -0.1) is 0 Å². The molecule has 0 aromatic rings. The van der Waals surface area contributed by atoms with Crippen LogP contribution in [-0.2, 0) is 14.4 Å². The van der Waals surface area contributed by atoms with Gasteiger partial charge in [0.2, 0.25) is 11.8 Å². The van der Waals surface area contributed by atoms with Crippen molar-refractivity contribution in [1.29, 1.82) is 0 Å². The average Bonchev–Trinajstić information content (AvgIpc) is 3.49. The van der Waals surface area contributed by atoms with Crippen molar-refractivity contribution in [2.45, 2.75) is 163 Å². The topological polar surface area (TPSA) is 107 Å². The molecule has 6 aliphatic rings. The summed E-state index contributed by atoms with van der Waals surface area (Å²) in [6.07, 6.45) is 17.8. The van der Waals surface area contributed by atoms with Crippen molar-refractivity contribution >= 4 is 17.8 Å². The Balaban J connectivity index is 1.05. The summed E-state index contributed by atoms with van der Waals surface area (Å²) >= 11 is 0. The van der Waals surface area contributed by atoms with Gasteiger partial charge in [0.05, 0.1) is 17.4 Å². The fourth-order valence-electron chi connectivity index (χ4n) is 14.4. The quantitative estimate of drug-likeness (QED) is 0.147. The van der Waals surface area contributed by atoms with E-state index >= 15 is 0 Å². The molecule has 2 amide bonds. The lowest BCUT2D eigenvalue weighted by atomic mass is 9.32. The van der Waals surface area contributed by atoms with Crippen LogP contribution in [0.1, 0.15) is 157 Å². The van der Waals surface area contributed by atoms with E-state index < -0.39 is 11.9 Å². The Kier molecular flexibility index (Phi) is 11.0. The molecular weight excluding hydrogens is 636 g/mol. The number of likely N-dealkylation sites (tertiary alicyclic amines) is 1. The number of carbonyl (C=O) groups excluding carboxylic acids is 2. The molecule has 6 rings (SSSR count). The number of piperidine rings is 1. The molecule has 0 radical (unpaired) electrons. The van der Waals surface area contributed by atoms with Crippen LogP contribution < -0.4 is 5.32 Å². The van der Waals surface area contributed by atoms with Crippen LogP contribution in [0.2, 0.25) is 0 Å². The van der Waals surface area contributed by atoms with Gasteiger partial charge in [-0.25, -0.2) is 0 Å². The number of hydrogen-bond acceptors (Lipinski definition) is 4. The number of unbranched alkanes of at least 4 members (excludes halogenated alkanes) is 4. The second-order valence-electron chi connectivity index (χ2n) is 20.0. The van der Waals surface area contributed by atoms with E-state index in [9.17, 15) is 24.6 Å². The highest BCUT2D eigenvalue weighted by Crippen LogP contribution is 2.77. The highest BCUT2D eigenvalue weighted by Gasteiger charge is 2.71. The number of nitrogens with one attached hydrogen (secondary N) is 1. The van der Waals surface area contributed by atoms with Crippen molar-refractivity contribution in [3.8, 4) is 0 Å². The highest BCUT2D eigenvalue weighted by atomic mass is 16.4. The lowest BCUT2D eigenvalue weighted by Gasteiger charge is -2.72. The van der Waals surface area contributed by atoms with Crippen LogP contribution >= 0.6 is 0 Å². The van der Waals surface area contributed by atoms with E-state index in [1.807, 2.05) is 0 Å². The Morgan fingerprint density at radius 2 is 1.53 bits per heavy atom. The molecule has 1 saturated heterocycles. The van der Waals surface area contributed by atoms with Crippen molar-refractivity contribution < 1.29 is 24.6 Å². The first kappa shape index (κ1) is 38.8. The van der Waals surface area contributed by atoms with Crippen molar-refractivity contribution in [1.82, 2.24) is 10.2 Å². The molecule has 5 aliphatic carbocycles. The first-order chi connectivity index (χ1) is 24.0. The molecule has 288 valence electrons. The second-order valence-corrected chi connectivity index (χ2v) is 20.0. The minimum absolute atomic E-state index is 0.0382. The number of nitrogens with zero attached hydrogens (tertiary/aromatic N) is 1. The molecular formula is C44H72N2O5. The molecule has 2 unspecified atom stereocenters. The summed E-state index contributed by atoms with van der Waals surface area (Å²) in [5.41, 5.74) is 1.64. The maximum Gasteiger partial charge on any atom is 0.308 e. The third kappa shape index (κ3) is 6.43. The number of aliphatic hydroxyl groups is 1. The number of fused-ring (bicyclic) bond motifs is 7. The molecule has 7 nitrogen and oxygen atoms in total. The van der Waals surface area contributed by atoms with E-state index in [4.69, 9.17) is 0 Å². The Morgan fingerprint density at radius 1 is 0.804 bits per heavy atom. The van der Waals surface area contributed by atoms with Crippen LogP contribution in [0.5, 0.6) is 0 Å². The molecule has 1 heterocycles. The first-order valence-electron chi connectivity index (χ1n) is 21.2. The summed E-state index contributed by atoms with van der Waals surface area (Å²) in [6.45, 7) is 21.0. The van der Waals surface area contributed by atoms with Crippen LogP contribution in [0.25, 0.3) is 0 Å². The fourth-order valence-corrected chi connectivity index (χ4v) is 14.4. The van der Waals surface area contributed by atoms with Crippen molar-refractivity contribution in [3.05, 3.63) is 12.2 Å². The van der Waals surface area contributed by atoms with Crippen LogP contribution in [0.15, 0.2) is 12.2 Å². The van der Waals surface area contributed by atoms with Crippen molar-refractivity contribution in [2.75, 3.05) is 19.6 Å². The molecule has 7 heteroatoms. The maximum atomic E-state index is 14.4. The first-order valence-corrected chi connectivity index (χ1v) is 21.2. The van der Waals surface area contributed by atoms with Gasteiger partial charge in [-0.1, -0.05) is 66.0 Å². The lowest BCUT2D eigenvalue weighted by Crippen LogP contribution is -2.67. The molecule has 6 fully saturated rings. The third-order valence-corrected chi connectivity index (χ3v) is 17.5. The Bertz CT molecular complexity index is 1340. The average molecular weight is 709 g/mol. The summed E-state index contributed by atoms with van der Waals surface area (Å²) in [5.74, 6) is 1.72. The van der Waals surface area contributed by atoms with Crippen LogP contribution in [0, 0.1) is 62.6 Å². The fraction of sp³-hybridized carbons (Fsp3) is 0.886. The van der Waals surface area contributed by atoms with Gasteiger partial charge in [-0.3, -0.25) is 14.4 Å². The minimum atomic E-state index is -0.792. The molecule has 0 bridgehead atoms. The van der Waals surface area contributed by atoms with E-state index in [-0.39, 0.29) is 39.1 Å². The molecule has 3 N–H and O–H groups in total. The summed E-state index contributed by atoms with van der Waals surface area (Å²) < 4.78 is 0. The van der Waals surface area contributed by atoms with E-state index in [1.165, 1.54) is 31.3 Å². The molecule has 0 aromatic heterocycles. The van der Waals surface area contributed by atoms with E-state index in [2.05, 4.69) is 53.4 Å². The third-order valence-electron chi connectivity index (χ3n) is 17.5. The zero-order valence-electron chi connectivity index (χ0n) is 33.2. The number of aliphatic carboxylic acids is 1. The largest absolute Gasteiger partial charge is 0.481 e. The monoisotopic (exact) mass is 709 g/mol. The summed E-state index contributed by atoms with van der Waals surface area (Å²) in [5, 5.41) is 23.9. The number of aliphatic hydroxyl groups excluding tert-OH is 1. The number of rotatable bonds is 11. The number of hydrogen-bond donors (Lipinski definition) is 3. The number of allylic oxidation sites excluding steroid dienone is 1. The normalized spacial score (nSPS) is 42.9. The van der Waals surface area contributed by atoms with Gasteiger partial charge >= 0.3 is 5.97 Å². The van der Waals surface area contributed by atoms with Crippen molar-refractivity contribution in [2.24, 2.45) is 62.6 Å². The Labute approximate surface area is 309 Å². The molecule has 0 spiro atoms. The molecule has 51 heavy (non-hydrogen) atoms. The summed E-state index contributed by atoms with van der Waals surface area (Å²) in [6, 6.07) is 0. The maximum absolute atomic E-state index is 14.4. The summed E-state index contributed by atoms with van der Waals surface area (Å²) in [4.78, 5) is 40.2. The number of amides is 2. The number of carboxylic acid groups (broad SMARTS) is 1. The number of carboxylic acids is 1. The molecule has 11 atom stereocenters. The number of carbonyl (C=O) groups is 3. The van der Waals surface area contributed by atoms with Gasteiger partial charge in [0.15, 0.2) is 0 Å². The SMILES string of the molecule is C=C(C)[C@@H]1CC[C@]2(C(=O)NCCCCCCCC(=O)N3CCCC(C(=O)O)C3)CC[C@]3(C)[C@H](CCC4[C@@]5(C)CC[C@H](O)C(C)(C)[C@@H]5CC[C@]43C)[C@@H]12. The van der Waals surface area contributed by atoms with Gasteiger partial charge in [0.25, 0.3) is 0 Å². The molecule has 1 aliphatic heterocycles. The van der Waals surface area contributed by atoms with Gasteiger partial charge in [-0.05, 0) is 148 Å². The predicted octanol–water partition coefficient (Wildman–Crippen LogP) is 8.78. The zero-order valence-corrected chi connectivity index (χ0v) is 33.2. The minimum Gasteiger partial charge on any atom is -0.481 e. The van der Waals surface area contributed by atoms with Crippen LogP contribution in [0.4, 0.5) is 0 Å². The second kappa shape index (κ2) is 14.4. The molecule has 0 aromatic carbocycles. The summed E-state index contributed by atoms with van der Waals surface area (Å²) in [7, 11) is 0. The Hall–Kier alpha value is -1.89. The van der Waals surface area contributed by atoms with Gasteiger partial charge < -0.3 is 20.4 Å². The lowest BCUT2D eigenvalue weighted by molar-refractivity contribution is -0.246. The van der Waals surface area contributed by atoms with E-state index in [1.54, 1.807) is 4.90 Å².